The van der Waals surface area contributed by atoms with E-state index in [2.05, 4.69) is 0 Å². The molecule has 20 heavy (non-hydrogen) atoms. The molecule has 0 bridgehead atoms. The highest BCUT2D eigenvalue weighted by atomic mass is 32.2. The lowest BCUT2D eigenvalue weighted by molar-refractivity contribution is 0.0568. The molecule has 0 aromatic carbocycles. The lowest BCUT2D eigenvalue weighted by atomic mass is 10.2. The average Bonchev–Trinajstić information content (AvgIpc) is 2.25. The first kappa shape index (κ1) is 16.5. The second-order valence-electron chi connectivity index (χ2n) is 5.58. The molecule has 1 rings (SSSR count). The summed E-state index contributed by atoms with van der Waals surface area (Å²) < 4.78 is 31.6. The summed E-state index contributed by atoms with van der Waals surface area (Å²) in [4.78, 5) is 13.4. The first-order chi connectivity index (χ1) is 9.01. The third-order valence-electron chi connectivity index (χ3n) is 2.35. The van der Waals surface area contributed by atoms with Gasteiger partial charge in [-0.25, -0.2) is 13.8 Å². The standard InChI is InChI=1S/C12H21N3O4S/c1-12(2,3)19-11(16)13-20(17,18)15-8-6-10(7-9-15)14(4)5/h6-10H,1-5H3,(H,13,16). The molecule has 0 aromatic heterocycles. The van der Waals surface area contributed by atoms with Gasteiger partial charge in [0, 0.05) is 18.4 Å². The molecule has 0 aromatic rings. The van der Waals surface area contributed by atoms with Gasteiger partial charge in [0.25, 0.3) is 0 Å². The second kappa shape index (κ2) is 5.84. The van der Waals surface area contributed by atoms with E-state index in [0.717, 1.165) is 4.31 Å². The Bertz CT molecular complexity index is 503. The molecule has 7 nitrogen and oxygen atoms in total. The van der Waals surface area contributed by atoms with Crippen LogP contribution < -0.4 is 4.72 Å². The van der Waals surface area contributed by atoms with Gasteiger partial charge in [0.15, 0.2) is 0 Å². The first-order valence-electron chi connectivity index (χ1n) is 6.08. The summed E-state index contributed by atoms with van der Waals surface area (Å²) in [7, 11) is -0.233. The zero-order valence-corrected chi connectivity index (χ0v) is 13.1. The third kappa shape index (κ3) is 4.86. The zero-order chi connectivity index (χ0) is 15.6. The van der Waals surface area contributed by atoms with Gasteiger partial charge in [0.1, 0.15) is 5.60 Å². The molecule has 8 heteroatoms. The normalized spacial score (nSPS) is 16.6. The third-order valence-corrected chi connectivity index (χ3v) is 3.57. The van der Waals surface area contributed by atoms with Gasteiger partial charge in [-0.15, -0.1) is 0 Å². The van der Waals surface area contributed by atoms with Gasteiger partial charge in [0.05, 0.1) is 0 Å². The highest BCUT2D eigenvalue weighted by Crippen LogP contribution is 2.12. The Balaban J connectivity index is 2.70. The van der Waals surface area contributed by atoms with Crippen molar-refractivity contribution in [1.82, 2.24) is 13.9 Å². The smallest absolute Gasteiger partial charge is 0.422 e. The number of carbonyl (C=O) groups excluding carboxylic acids is 1. The molecule has 1 aliphatic heterocycles. The van der Waals surface area contributed by atoms with Crippen LogP contribution in [-0.2, 0) is 14.9 Å². The first-order valence-corrected chi connectivity index (χ1v) is 7.52. The van der Waals surface area contributed by atoms with Gasteiger partial charge in [-0.2, -0.15) is 8.42 Å². The van der Waals surface area contributed by atoms with Crippen LogP contribution in [0.5, 0.6) is 0 Å². The maximum Gasteiger partial charge on any atom is 0.422 e. The van der Waals surface area contributed by atoms with Crippen LogP contribution in [0.1, 0.15) is 20.8 Å². The second-order valence-corrected chi connectivity index (χ2v) is 7.15. The predicted octanol–water partition coefficient (Wildman–Crippen LogP) is 1.03. The number of rotatable bonds is 3. The van der Waals surface area contributed by atoms with Crippen molar-refractivity contribution in [2.75, 3.05) is 14.1 Å². The average molecular weight is 303 g/mol. The van der Waals surface area contributed by atoms with Crippen LogP contribution in [0.4, 0.5) is 4.79 Å². The van der Waals surface area contributed by atoms with E-state index in [4.69, 9.17) is 4.74 Å². The van der Waals surface area contributed by atoms with Crippen LogP contribution in [0.15, 0.2) is 24.6 Å². The lowest BCUT2D eigenvalue weighted by Gasteiger charge is -2.25. The van der Waals surface area contributed by atoms with E-state index >= 15 is 0 Å². The summed E-state index contributed by atoms with van der Waals surface area (Å²) in [6.45, 7) is 4.96. The summed E-state index contributed by atoms with van der Waals surface area (Å²) in [5, 5.41) is 0. The molecule has 114 valence electrons. The molecular formula is C12H21N3O4S. The van der Waals surface area contributed by atoms with Crippen LogP contribution >= 0.6 is 0 Å². The van der Waals surface area contributed by atoms with Crippen LogP contribution in [0.25, 0.3) is 0 Å². The number of carbonyl (C=O) groups is 1. The Kier molecular flexibility index (Phi) is 4.82. The minimum absolute atomic E-state index is 0.0166. The van der Waals surface area contributed by atoms with Crippen molar-refractivity contribution in [3.05, 3.63) is 24.6 Å². The quantitative estimate of drug-likeness (QED) is 0.842. The molecule has 1 amide bonds. The van der Waals surface area contributed by atoms with Gasteiger partial charge < -0.3 is 4.74 Å². The van der Waals surface area contributed by atoms with E-state index in [1.165, 1.54) is 12.4 Å². The Morgan fingerprint density at radius 2 is 1.75 bits per heavy atom. The van der Waals surface area contributed by atoms with Crippen molar-refractivity contribution < 1.29 is 17.9 Å². The number of ether oxygens (including phenoxy) is 1. The van der Waals surface area contributed by atoms with Crippen molar-refractivity contribution in [2.45, 2.75) is 32.4 Å². The summed E-state index contributed by atoms with van der Waals surface area (Å²) in [6, 6.07) is 0.0166. The number of likely N-dealkylation sites (N-methyl/N-ethyl adjacent to an activating group) is 1. The molecule has 0 spiro atoms. The molecule has 0 atom stereocenters. The Labute approximate surface area is 120 Å². The summed E-state index contributed by atoms with van der Waals surface area (Å²) in [6.07, 6.45) is 5.17. The molecule has 1 N–H and O–H groups in total. The minimum atomic E-state index is -3.99. The summed E-state index contributed by atoms with van der Waals surface area (Å²) in [5.74, 6) is 0. The predicted molar refractivity (Wildman–Crippen MR) is 75.9 cm³/mol. The van der Waals surface area contributed by atoms with E-state index in [9.17, 15) is 13.2 Å². The maximum absolute atomic E-state index is 12.0. The molecule has 0 aliphatic carbocycles. The molecule has 1 aliphatic rings. The molecule has 1 heterocycles. The number of hydrogen-bond donors (Lipinski definition) is 1. The fraction of sp³-hybridized carbons (Fsp3) is 0.583. The molecule has 0 saturated heterocycles. The monoisotopic (exact) mass is 303 g/mol. The van der Waals surface area contributed by atoms with Crippen LogP contribution in [0.2, 0.25) is 0 Å². The summed E-state index contributed by atoms with van der Waals surface area (Å²) in [5.41, 5.74) is -0.761. The molecule has 0 unspecified atom stereocenters. The number of hydrogen-bond acceptors (Lipinski definition) is 5. The van der Waals surface area contributed by atoms with Gasteiger partial charge in [-0.1, -0.05) is 0 Å². The van der Waals surface area contributed by atoms with Crippen LogP contribution in [0.3, 0.4) is 0 Å². The van der Waals surface area contributed by atoms with Gasteiger partial charge >= 0.3 is 16.3 Å². The van der Waals surface area contributed by atoms with Gasteiger partial charge in [-0.3, -0.25) is 4.90 Å². The van der Waals surface area contributed by atoms with Crippen molar-refractivity contribution in [1.29, 1.82) is 0 Å². The van der Waals surface area contributed by atoms with Crippen molar-refractivity contribution >= 4 is 16.3 Å². The van der Waals surface area contributed by atoms with E-state index < -0.39 is 21.9 Å². The van der Waals surface area contributed by atoms with Crippen LogP contribution in [-0.4, -0.2) is 49.5 Å². The van der Waals surface area contributed by atoms with E-state index in [1.54, 1.807) is 32.9 Å². The molecule has 0 fully saturated rings. The van der Waals surface area contributed by atoms with E-state index in [0.29, 0.717) is 0 Å². The van der Waals surface area contributed by atoms with Crippen molar-refractivity contribution in [3.63, 3.8) is 0 Å². The fourth-order valence-corrected chi connectivity index (χ4v) is 2.24. The SMILES string of the molecule is CN(C)C1C=CN(S(=O)(=O)NC(=O)OC(C)(C)C)C=C1. The molecule has 0 saturated carbocycles. The molecular weight excluding hydrogens is 282 g/mol. The largest absolute Gasteiger partial charge is 0.443 e. The lowest BCUT2D eigenvalue weighted by Crippen LogP contribution is -2.42. The van der Waals surface area contributed by atoms with E-state index in [-0.39, 0.29) is 6.04 Å². The zero-order valence-electron chi connectivity index (χ0n) is 12.3. The Morgan fingerprint density at radius 1 is 1.25 bits per heavy atom. The van der Waals surface area contributed by atoms with Crippen molar-refractivity contribution in [3.8, 4) is 0 Å². The van der Waals surface area contributed by atoms with Gasteiger partial charge in [0.2, 0.25) is 0 Å². The van der Waals surface area contributed by atoms with Crippen molar-refractivity contribution in [2.24, 2.45) is 0 Å². The fourth-order valence-electron chi connectivity index (χ4n) is 1.42. The topological polar surface area (TPSA) is 79.0 Å². The highest BCUT2D eigenvalue weighted by Gasteiger charge is 2.25. The van der Waals surface area contributed by atoms with Gasteiger partial charge in [-0.05, 0) is 47.0 Å². The van der Waals surface area contributed by atoms with E-state index in [1.807, 2.05) is 23.7 Å². The number of amides is 1. The Hall–Kier alpha value is -1.54. The maximum atomic E-state index is 12.0. The Morgan fingerprint density at radius 3 is 2.15 bits per heavy atom. The number of nitrogens with one attached hydrogen (secondary N) is 1. The summed E-state index contributed by atoms with van der Waals surface area (Å²) >= 11 is 0. The molecule has 0 radical (unpaired) electrons. The number of nitrogens with zero attached hydrogens (tertiary/aromatic N) is 2. The minimum Gasteiger partial charge on any atom is -0.443 e. The highest BCUT2D eigenvalue weighted by molar-refractivity contribution is 7.87. The van der Waals surface area contributed by atoms with Crippen LogP contribution in [0, 0.1) is 0 Å².